The second-order valence-corrected chi connectivity index (χ2v) is 10.4. The van der Waals surface area contributed by atoms with Gasteiger partial charge in [-0.1, -0.05) is 25.0 Å². The van der Waals surface area contributed by atoms with Gasteiger partial charge in [0.25, 0.3) is 0 Å². The van der Waals surface area contributed by atoms with Crippen molar-refractivity contribution in [3.8, 4) is 11.5 Å². The standard InChI is InChI=1S/C20H23F3N4O4S/c21-20(22,23)18-25-24-17(31-18)15-7-5-14(6-8-15)13-27(16-3-1-2-4-16)19(28)26-9-11-32(29,30)12-10-26/h5-8,16H,1-4,9-13H2. The summed E-state index contributed by atoms with van der Waals surface area (Å²) in [6.07, 6.45) is -0.877. The summed E-state index contributed by atoms with van der Waals surface area (Å²) in [6, 6.07) is 6.47. The van der Waals surface area contributed by atoms with Gasteiger partial charge in [-0.25, -0.2) is 13.2 Å². The third-order valence-electron chi connectivity index (χ3n) is 5.85. The van der Waals surface area contributed by atoms with E-state index in [1.54, 1.807) is 34.1 Å². The number of halogens is 3. The van der Waals surface area contributed by atoms with Gasteiger partial charge in [0.05, 0.1) is 11.5 Å². The first kappa shape index (κ1) is 22.6. The fourth-order valence-electron chi connectivity index (χ4n) is 4.06. The maximum absolute atomic E-state index is 13.2. The van der Waals surface area contributed by atoms with E-state index in [0.29, 0.717) is 12.1 Å². The summed E-state index contributed by atoms with van der Waals surface area (Å²) < 4.78 is 66.1. The molecule has 1 aliphatic heterocycles. The van der Waals surface area contributed by atoms with Gasteiger partial charge in [0.1, 0.15) is 0 Å². The summed E-state index contributed by atoms with van der Waals surface area (Å²) in [4.78, 5) is 16.6. The molecule has 1 saturated heterocycles. The largest absolute Gasteiger partial charge is 0.470 e. The molecule has 32 heavy (non-hydrogen) atoms. The lowest BCUT2D eigenvalue weighted by atomic mass is 10.1. The second-order valence-electron chi connectivity index (χ2n) is 8.09. The van der Waals surface area contributed by atoms with Crippen LogP contribution in [0, 0.1) is 0 Å². The second kappa shape index (κ2) is 8.72. The molecule has 2 aromatic rings. The van der Waals surface area contributed by atoms with E-state index in [0.717, 1.165) is 31.2 Å². The Hall–Kier alpha value is -2.63. The predicted molar refractivity (Wildman–Crippen MR) is 108 cm³/mol. The van der Waals surface area contributed by atoms with Crippen LogP contribution < -0.4 is 0 Å². The molecule has 1 aromatic carbocycles. The Kier molecular flexibility index (Phi) is 6.15. The fraction of sp³-hybridized carbons (Fsp3) is 0.550. The summed E-state index contributed by atoms with van der Waals surface area (Å²) in [5.41, 5.74) is 1.14. The number of carbonyl (C=O) groups excluding carboxylic acids is 1. The minimum atomic E-state index is -4.71. The monoisotopic (exact) mass is 472 g/mol. The molecular weight excluding hydrogens is 449 g/mol. The lowest BCUT2D eigenvalue weighted by Gasteiger charge is -2.36. The molecule has 0 N–H and O–H groups in total. The van der Waals surface area contributed by atoms with Gasteiger partial charge in [0.2, 0.25) is 5.89 Å². The van der Waals surface area contributed by atoms with E-state index in [9.17, 15) is 26.4 Å². The van der Waals surface area contributed by atoms with E-state index in [2.05, 4.69) is 10.2 Å². The topological polar surface area (TPSA) is 96.6 Å². The molecule has 0 spiro atoms. The van der Waals surface area contributed by atoms with Crippen LogP contribution in [-0.4, -0.2) is 65.1 Å². The van der Waals surface area contributed by atoms with E-state index in [4.69, 9.17) is 4.42 Å². The highest BCUT2D eigenvalue weighted by atomic mass is 32.2. The van der Waals surface area contributed by atoms with Crippen molar-refractivity contribution < 1.29 is 30.8 Å². The van der Waals surface area contributed by atoms with E-state index in [1.165, 1.54) is 0 Å². The zero-order valence-corrected chi connectivity index (χ0v) is 18.0. The number of alkyl halides is 3. The van der Waals surface area contributed by atoms with Crippen LogP contribution in [0.1, 0.15) is 37.1 Å². The molecule has 2 fully saturated rings. The number of nitrogens with zero attached hydrogens (tertiary/aromatic N) is 4. The van der Waals surface area contributed by atoms with Gasteiger partial charge in [-0.15, -0.1) is 10.2 Å². The third kappa shape index (κ3) is 5.05. The van der Waals surface area contributed by atoms with Crippen LogP contribution in [0.3, 0.4) is 0 Å². The lowest BCUT2D eigenvalue weighted by molar-refractivity contribution is -0.156. The van der Waals surface area contributed by atoms with E-state index in [1.807, 2.05) is 0 Å². The molecular formula is C20H23F3N4O4S. The molecule has 0 bridgehead atoms. The molecule has 2 heterocycles. The maximum atomic E-state index is 13.2. The smallest absolute Gasteiger partial charge is 0.413 e. The lowest BCUT2D eigenvalue weighted by Crippen LogP contribution is -2.51. The van der Waals surface area contributed by atoms with Crippen molar-refractivity contribution in [2.75, 3.05) is 24.6 Å². The van der Waals surface area contributed by atoms with Crippen LogP contribution in [0.2, 0.25) is 0 Å². The Balaban J connectivity index is 1.49. The van der Waals surface area contributed by atoms with Crippen LogP contribution in [0.15, 0.2) is 28.7 Å². The SMILES string of the molecule is O=C(N1CCS(=O)(=O)CC1)N(Cc1ccc(-c2nnc(C(F)(F)F)o2)cc1)C1CCCC1. The molecule has 1 aliphatic carbocycles. The van der Waals surface area contributed by atoms with E-state index < -0.39 is 21.9 Å². The molecule has 1 saturated carbocycles. The third-order valence-corrected chi connectivity index (χ3v) is 7.46. The molecule has 8 nitrogen and oxygen atoms in total. The molecule has 174 valence electrons. The number of amides is 2. The quantitative estimate of drug-likeness (QED) is 0.677. The van der Waals surface area contributed by atoms with Crippen molar-refractivity contribution >= 4 is 15.9 Å². The average molecular weight is 472 g/mol. The Morgan fingerprint density at radius 3 is 2.28 bits per heavy atom. The first-order valence-corrected chi connectivity index (χ1v) is 12.2. The Labute approximate surface area is 183 Å². The van der Waals surface area contributed by atoms with Crippen molar-refractivity contribution in [3.63, 3.8) is 0 Å². The molecule has 2 amide bonds. The van der Waals surface area contributed by atoms with Crippen LogP contribution in [0.5, 0.6) is 0 Å². The number of sulfone groups is 1. The van der Waals surface area contributed by atoms with Crippen LogP contribution >= 0.6 is 0 Å². The number of hydrogen-bond acceptors (Lipinski definition) is 6. The highest BCUT2D eigenvalue weighted by Gasteiger charge is 2.38. The zero-order valence-electron chi connectivity index (χ0n) is 17.2. The normalized spacial score (nSPS) is 19.3. The maximum Gasteiger partial charge on any atom is 0.470 e. The van der Waals surface area contributed by atoms with Gasteiger partial charge >= 0.3 is 18.1 Å². The number of carbonyl (C=O) groups is 1. The van der Waals surface area contributed by atoms with Crippen LogP contribution in [0.25, 0.3) is 11.5 Å². The number of aromatic nitrogens is 2. The van der Waals surface area contributed by atoms with Crippen LogP contribution in [-0.2, 0) is 22.6 Å². The van der Waals surface area contributed by atoms with Gasteiger partial charge in [-0.3, -0.25) is 0 Å². The number of hydrogen-bond donors (Lipinski definition) is 0. The highest BCUT2D eigenvalue weighted by Crippen LogP contribution is 2.31. The van der Waals surface area contributed by atoms with Crippen molar-refractivity contribution in [2.45, 2.75) is 44.4 Å². The molecule has 1 aromatic heterocycles. The molecule has 2 aliphatic rings. The fourth-order valence-corrected chi connectivity index (χ4v) is 5.26. The predicted octanol–water partition coefficient (Wildman–Crippen LogP) is 3.35. The molecule has 0 radical (unpaired) electrons. The Morgan fingerprint density at radius 2 is 1.72 bits per heavy atom. The van der Waals surface area contributed by atoms with Crippen molar-refractivity contribution in [2.24, 2.45) is 0 Å². The first-order chi connectivity index (χ1) is 15.1. The van der Waals surface area contributed by atoms with Gasteiger partial charge in [-0.05, 0) is 30.5 Å². The first-order valence-electron chi connectivity index (χ1n) is 10.4. The van der Waals surface area contributed by atoms with Crippen molar-refractivity contribution in [3.05, 3.63) is 35.7 Å². The summed E-state index contributed by atoms with van der Waals surface area (Å²) in [6.45, 7) is 0.689. The number of benzene rings is 1. The summed E-state index contributed by atoms with van der Waals surface area (Å²) >= 11 is 0. The van der Waals surface area contributed by atoms with Gasteiger partial charge < -0.3 is 14.2 Å². The zero-order chi connectivity index (χ0) is 22.9. The van der Waals surface area contributed by atoms with Gasteiger partial charge in [0.15, 0.2) is 9.84 Å². The summed E-state index contributed by atoms with van der Waals surface area (Å²) in [5.74, 6) is -1.70. The van der Waals surface area contributed by atoms with Crippen molar-refractivity contribution in [1.29, 1.82) is 0 Å². The van der Waals surface area contributed by atoms with Gasteiger partial charge in [-0.2, -0.15) is 13.2 Å². The minimum Gasteiger partial charge on any atom is -0.413 e. The Bertz CT molecular complexity index is 1050. The Morgan fingerprint density at radius 1 is 1.09 bits per heavy atom. The highest BCUT2D eigenvalue weighted by molar-refractivity contribution is 7.91. The van der Waals surface area contributed by atoms with E-state index >= 15 is 0 Å². The molecule has 4 rings (SSSR count). The average Bonchev–Trinajstić information content (AvgIpc) is 3.44. The minimum absolute atomic E-state index is 0.0317. The van der Waals surface area contributed by atoms with Crippen LogP contribution in [0.4, 0.5) is 18.0 Å². The summed E-state index contributed by atoms with van der Waals surface area (Å²) in [7, 11) is -3.09. The van der Waals surface area contributed by atoms with Crippen molar-refractivity contribution in [1.82, 2.24) is 20.0 Å². The number of rotatable bonds is 4. The molecule has 12 heteroatoms. The molecule has 0 unspecified atom stereocenters. The van der Waals surface area contributed by atoms with E-state index in [-0.39, 0.29) is 42.6 Å². The molecule has 0 atom stereocenters. The van der Waals surface area contributed by atoms with Gasteiger partial charge in [0, 0.05) is 31.2 Å². The summed E-state index contributed by atoms with van der Waals surface area (Å²) in [5, 5.41) is 6.48. The number of urea groups is 1.